The van der Waals surface area contributed by atoms with E-state index in [9.17, 15) is 4.39 Å². The van der Waals surface area contributed by atoms with E-state index in [2.05, 4.69) is 26.3 Å². The van der Waals surface area contributed by atoms with Gasteiger partial charge in [-0.3, -0.25) is 4.68 Å². The molecule has 3 nitrogen and oxygen atoms in total. The van der Waals surface area contributed by atoms with Crippen LogP contribution in [0.2, 0.25) is 0 Å². The third-order valence-electron chi connectivity index (χ3n) is 3.19. The van der Waals surface area contributed by atoms with Gasteiger partial charge in [0.15, 0.2) is 0 Å². The Bertz CT molecular complexity index is 580. The number of nitrogens with one attached hydrogen (secondary N) is 1. The van der Waals surface area contributed by atoms with E-state index in [1.165, 1.54) is 6.07 Å². The molecule has 2 aromatic rings. The molecule has 0 radical (unpaired) electrons. The topological polar surface area (TPSA) is 29.9 Å². The number of nitrogens with zero attached hydrogens (tertiary/aromatic N) is 2. The van der Waals surface area contributed by atoms with E-state index in [0.717, 1.165) is 15.9 Å². The number of hydrogen-bond acceptors (Lipinski definition) is 2. The lowest BCUT2D eigenvalue weighted by Crippen LogP contribution is -2.21. The van der Waals surface area contributed by atoms with Gasteiger partial charge in [-0.25, -0.2) is 4.39 Å². The number of benzene rings is 1. The number of hydrogen-bond donors (Lipinski definition) is 1. The van der Waals surface area contributed by atoms with Crippen LogP contribution in [0.3, 0.4) is 0 Å². The summed E-state index contributed by atoms with van der Waals surface area (Å²) in [6.07, 6.45) is 0.696. The van der Waals surface area contributed by atoms with Crippen LogP contribution in [0.25, 0.3) is 0 Å². The second-order valence-electron chi connectivity index (χ2n) is 4.61. The van der Waals surface area contributed by atoms with Gasteiger partial charge in [-0.2, -0.15) is 5.10 Å². The Balaban J connectivity index is 2.30. The molecule has 19 heavy (non-hydrogen) atoms. The highest BCUT2D eigenvalue weighted by atomic mass is 79.9. The molecule has 1 atom stereocenters. The molecular weight excluding hydrogens is 309 g/mol. The smallest absolute Gasteiger partial charge is 0.128 e. The van der Waals surface area contributed by atoms with Crippen LogP contribution in [-0.2, 0) is 13.5 Å². The number of aryl methyl sites for hydroxylation is 2. The van der Waals surface area contributed by atoms with Gasteiger partial charge in [0.25, 0.3) is 0 Å². The molecule has 1 heterocycles. The van der Waals surface area contributed by atoms with Crippen LogP contribution in [0.4, 0.5) is 4.39 Å². The van der Waals surface area contributed by atoms with Crippen molar-refractivity contribution in [1.29, 1.82) is 0 Å². The van der Waals surface area contributed by atoms with Crippen LogP contribution >= 0.6 is 15.9 Å². The molecule has 1 aromatic heterocycles. The Morgan fingerprint density at radius 3 is 2.74 bits per heavy atom. The summed E-state index contributed by atoms with van der Waals surface area (Å²) in [4.78, 5) is 0. The van der Waals surface area contributed by atoms with Crippen molar-refractivity contribution < 1.29 is 4.39 Å². The van der Waals surface area contributed by atoms with Crippen molar-refractivity contribution in [2.24, 2.45) is 7.05 Å². The molecule has 1 aromatic carbocycles. The van der Waals surface area contributed by atoms with E-state index in [-0.39, 0.29) is 11.9 Å². The first-order valence-electron chi connectivity index (χ1n) is 6.13. The van der Waals surface area contributed by atoms with Crippen LogP contribution in [-0.4, -0.2) is 16.8 Å². The number of halogens is 2. The minimum Gasteiger partial charge on any atom is -0.313 e. The van der Waals surface area contributed by atoms with E-state index >= 15 is 0 Å². The van der Waals surface area contributed by atoms with Crippen molar-refractivity contribution in [3.8, 4) is 0 Å². The fourth-order valence-corrected chi connectivity index (χ4v) is 2.59. The van der Waals surface area contributed by atoms with E-state index in [0.29, 0.717) is 12.0 Å². The zero-order valence-corrected chi connectivity index (χ0v) is 12.8. The predicted molar refractivity (Wildman–Crippen MR) is 77.5 cm³/mol. The maximum atomic E-state index is 13.9. The Kier molecular flexibility index (Phi) is 4.37. The fourth-order valence-electron chi connectivity index (χ4n) is 2.21. The Morgan fingerprint density at radius 2 is 2.16 bits per heavy atom. The van der Waals surface area contributed by atoms with Gasteiger partial charge in [-0.1, -0.05) is 15.9 Å². The molecular formula is C14H17BrFN3. The summed E-state index contributed by atoms with van der Waals surface area (Å²) in [5.74, 6) is -0.193. The van der Waals surface area contributed by atoms with Crippen molar-refractivity contribution in [3.05, 3.63) is 51.5 Å². The molecule has 0 saturated carbocycles. The summed E-state index contributed by atoms with van der Waals surface area (Å²) in [6.45, 7) is 1.96. The van der Waals surface area contributed by atoms with Gasteiger partial charge in [-0.05, 0) is 38.2 Å². The molecule has 0 bridgehead atoms. The summed E-state index contributed by atoms with van der Waals surface area (Å²) in [7, 11) is 3.75. The van der Waals surface area contributed by atoms with Gasteiger partial charge in [0.1, 0.15) is 5.82 Å². The third-order valence-corrected chi connectivity index (χ3v) is 3.69. The van der Waals surface area contributed by atoms with Crippen molar-refractivity contribution in [1.82, 2.24) is 15.1 Å². The molecule has 2 rings (SSSR count). The Morgan fingerprint density at radius 1 is 1.42 bits per heavy atom. The van der Waals surface area contributed by atoms with Gasteiger partial charge in [-0.15, -0.1) is 0 Å². The standard InChI is InChI=1S/C14H17BrFN3/c1-9-6-11(19(3)18-9)8-14(17-2)12-7-10(15)4-5-13(12)16/h4-7,14,17H,8H2,1-3H3. The molecule has 0 aliphatic heterocycles. The number of aromatic nitrogens is 2. The van der Waals surface area contributed by atoms with Crippen molar-refractivity contribution in [3.63, 3.8) is 0 Å². The normalized spacial score (nSPS) is 12.7. The van der Waals surface area contributed by atoms with Crippen LogP contribution in [0.1, 0.15) is 23.0 Å². The van der Waals surface area contributed by atoms with Crippen LogP contribution in [0.5, 0.6) is 0 Å². The van der Waals surface area contributed by atoms with Crippen LogP contribution < -0.4 is 5.32 Å². The first kappa shape index (κ1) is 14.2. The van der Waals surface area contributed by atoms with Crippen LogP contribution in [0, 0.1) is 12.7 Å². The minimum atomic E-state index is -0.193. The SMILES string of the molecule is CNC(Cc1cc(C)nn1C)c1cc(Br)ccc1F. The highest BCUT2D eigenvalue weighted by Gasteiger charge is 2.17. The Labute approximate surface area is 121 Å². The minimum absolute atomic E-state index is 0.0766. The molecule has 1 N–H and O–H groups in total. The van der Waals surface area contributed by atoms with Gasteiger partial charge in [0.05, 0.1) is 5.69 Å². The second kappa shape index (κ2) is 5.84. The molecule has 0 spiro atoms. The number of likely N-dealkylation sites (N-methyl/N-ethyl adjacent to an activating group) is 1. The molecule has 0 aliphatic carbocycles. The van der Waals surface area contributed by atoms with Crippen molar-refractivity contribution in [2.75, 3.05) is 7.05 Å². The molecule has 0 fully saturated rings. The first-order chi connectivity index (χ1) is 9.01. The van der Waals surface area contributed by atoms with Crippen LogP contribution in [0.15, 0.2) is 28.7 Å². The predicted octanol–water partition coefficient (Wildman–Crippen LogP) is 3.13. The average Bonchev–Trinajstić information content (AvgIpc) is 2.68. The summed E-state index contributed by atoms with van der Waals surface area (Å²) >= 11 is 3.39. The third kappa shape index (κ3) is 3.22. The van der Waals surface area contributed by atoms with E-state index < -0.39 is 0 Å². The van der Waals surface area contributed by atoms with E-state index in [1.807, 2.05) is 37.8 Å². The average molecular weight is 326 g/mol. The fraction of sp³-hybridized carbons (Fsp3) is 0.357. The monoisotopic (exact) mass is 325 g/mol. The maximum Gasteiger partial charge on any atom is 0.128 e. The highest BCUT2D eigenvalue weighted by Crippen LogP contribution is 2.24. The number of rotatable bonds is 4. The van der Waals surface area contributed by atoms with Crippen molar-refractivity contribution in [2.45, 2.75) is 19.4 Å². The second-order valence-corrected chi connectivity index (χ2v) is 5.53. The summed E-state index contributed by atoms with van der Waals surface area (Å²) in [6, 6.07) is 6.96. The lowest BCUT2D eigenvalue weighted by molar-refractivity contribution is 0.519. The molecule has 0 aliphatic rings. The molecule has 0 saturated heterocycles. The quantitative estimate of drug-likeness (QED) is 0.935. The highest BCUT2D eigenvalue weighted by molar-refractivity contribution is 9.10. The zero-order chi connectivity index (χ0) is 14.0. The molecule has 1 unspecified atom stereocenters. The van der Waals surface area contributed by atoms with Gasteiger partial charge >= 0.3 is 0 Å². The largest absolute Gasteiger partial charge is 0.313 e. The lowest BCUT2D eigenvalue weighted by atomic mass is 10.0. The Hall–Kier alpha value is -1.20. The van der Waals surface area contributed by atoms with Crippen molar-refractivity contribution >= 4 is 15.9 Å². The molecule has 5 heteroatoms. The summed E-state index contributed by atoms with van der Waals surface area (Å²) in [5, 5.41) is 7.49. The van der Waals surface area contributed by atoms with E-state index in [1.54, 1.807) is 6.07 Å². The van der Waals surface area contributed by atoms with Gasteiger partial charge < -0.3 is 5.32 Å². The molecule has 0 amide bonds. The summed E-state index contributed by atoms with van der Waals surface area (Å²) in [5.41, 5.74) is 2.72. The zero-order valence-electron chi connectivity index (χ0n) is 11.2. The summed E-state index contributed by atoms with van der Waals surface area (Å²) < 4.78 is 16.7. The molecule has 102 valence electrons. The van der Waals surface area contributed by atoms with Gasteiger partial charge in [0.2, 0.25) is 0 Å². The van der Waals surface area contributed by atoms with E-state index in [4.69, 9.17) is 0 Å². The van der Waals surface area contributed by atoms with Gasteiger partial charge in [0, 0.05) is 35.2 Å². The maximum absolute atomic E-state index is 13.9. The lowest BCUT2D eigenvalue weighted by Gasteiger charge is -2.17. The first-order valence-corrected chi connectivity index (χ1v) is 6.92.